The van der Waals surface area contributed by atoms with Crippen LogP contribution in [0.5, 0.6) is 0 Å². The van der Waals surface area contributed by atoms with Crippen LogP contribution < -0.4 is 11.1 Å². The molecule has 54 valence electrons. The van der Waals surface area contributed by atoms with E-state index < -0.39 is 0 Å². The number of nitrogens with two attached hydrogens (primary N) is 1. The molecular formula is C7H10N2O. The molecule has 0 amide bonds. The van der Waals surface area contributed by atoms with Gasteiger partial charge in [-0.1, -0.05) is 0 Å². The molecule has 0 saturated carbocycles. The van der Waals surface area contributed by atoms with Gasteiger partial charge in [-0.15, -0.1) is 0 Å². The second-order valence-electron chi connectivity index (χ2n) is 2.15. The summed E-state index contributed by atoms with van der Waals surface area (Å²) in [5.41, 5.74) is 6.69. The molecule has 0 aromatic carbocycles. The SMILES string of the molecule is CC1=CC=C(O)C(N)=CN1. The van der Waals surface area contributed by atoms with Crippen molar-refractivity contribution in [2.45, 2.75) is 6.92 Å². The van der Waals surface area contributed by atoms with E-state index in [1.807, 2.05) is 6.92 Å². The lowest BCUT2D eigenvalue weighted by Gasteiger charge is -1.97. The highest BCUT2D eigenvalue weighted by molar-refractivity contribution is 5.29. The van der Waals surface area contributed by atoms with Gasteiger partial charge >= 0.3 is 0 Å². The van der Waals surface area contributed by atoms with Gasteiger partial charge in [0, 0.05) is 11.9 Å². The summed E-state index contributed by atoms with van der Waals surface area (Å²) in [6.07, 6.45) is 4.87. The van der Waals surface area contributed by atoms with Gasteiger partial charge in [0.2, 0.25) is 0 Å². The lowest BCUT2D eigenvalue weighted by molar-refractivity contribution is 0.422. The fraction of sp³-hybridized carbons (Fsp3) is 0.143. The molecular weight excluding hydrogens is 128 g/mol. The van der Waals surface area contributed by atoms with E-state index in [1.54, 1.807) is 18.4 Å². The molecule has 0 saturated heterocycles. The molecule has 0 aromatic rings. The highest BCUT2D eigenvalue weighted by Crippen LogP contribution is 2.03. The van der Waals surface area contributed by atoms with Crippen LogP contribution in [0.3, 0.4) is 0 Å². The third-order valence-electron chi connectivity index (χ3n) is 1.24. The summed E-state index contributed by atoms with van der Waals surface area (Å²) in [5.74, 6) is 0.101. The number of allylic oxidation sites excluding steroid dienone is 3. The van der Waals surface area contributed by atoms with Crippen molar-refractivity contribution in [1.82, 2.24) is 5.32 Å². The van der Waals surface area contributed by atoms with Crippen LogP contribution in [-0.4, -0.2) is 5.11 Å². The Labute approximate surface area is 59.5 Å². The standard InChI is InChI=1S/C7H10N2O/c1-5-2-3-7(10)6(8)4-9-5/h2-4,9-10H,8H2,1H3. The van der Waals surface area contributed by atoms with Gasteiger partial charge in [-0.3, -0.25) is 0 Å². The smallest absolute Gasteiger partial charge is 0.140 e. The van der Waals surface area contributed by atoms with E-state index in [1.165, 1.54) is 0 Å². The summed E-state index contributed by atoms with van der Waals surface area (Å²) in [6, 6.07) is 0. The second-order valence-corrected chi connectivity index (χ2v) is 2.15. The van der Waals surface area contributed by atoms with Crippen LogP contribution >= 0.6 is 0 Å². The molecule has 10 heavy (non-hydrogen) atoms. The van der Waals surface area contributed by atoms with Gasteiger partial charge in [0.25, 0.3) is 0 Å². The van der Waals surface area contributed by atoms with Gasteiger partial charge in [-0.25, -0.2) is 0 Å². The molecule has 0 radical (unpaired) electrons. The highest BCUT2D eigenvalue weighted by Gasteiger charge is 1.98. The Bertz CT molecular complexity index is 226. The van der Waals surface area contributed by atoms with Crippen molar-refractivity contribution in [3.8, 4) is 0 Å². The summed E-state index contributed by atoms with van der Waals surface area (Å²) in [7, 11) is 0. The molecule has 0 atom stereocenters. The van der Waals surface area contributed by atoms with Gasteiger partial charge in [0.1, 0.15) is 5.76 Å². The van der Waals surface area contributed by atoms with Gasteiger partial charge < -0.3 is 16.2 Å². The molecule has 0 aromatic heterocycles. The average molecular weight is 138 g/mol. The van der Waals surface area contributed by atoms with Crippen molar-refractivity contribution in [2.75, 3.05) is 0 Å². The van der Waals surface area contributed by atoms with Crippen LogP contribution in [-0.2, 0) is 0 Å². The Hall–Kier alpha value is -1.38. The van der Waals surface area contributed by atoms with Gasteiger partial charge in [0.05, 0.1) is 5.70 Å². The quantitative estimate of drug-likeness (QED) is 0.462. The number of aliphatic hydroxyl groups is 1. The first-order valence-electron chi connectivity index (χ1n) is 3.00. The maximum absolute atomic E-state index is 9.06. The molecule has 1 rings (SSSR count). The van der Waals surface area contributed by atoms with Crippen LogP contribution in [0.2, 0.25) is 0 Å². The van der Waals surface area contributed by atoms with E-state index in [9.17, 15) is 0 Å². The van der Waals surface area contributed by atoms with Crippen LogP contribution in [0.25, 0.3) is 0 Å². The summed E-state index contributed by atoms with van der Waals surface area (Å²) in [4.78, 5) is 0. The molecule has 4 N–H and O–H groups in total. The Morgan fingerprint density at radius 3 is 2.90 bits per heavy atom. The lowest BCUT2D eigenvalue weighted by Crippen LogP contribution is -2.06. The molecule has 0 unspecified atom stereocenters. The molecule has 1 aliphatic heterocycles. The molecule has 0 aliphatic carbocycles. The molecule has 1 aliphatic rings. The predicted molar refractivity (Wildman–Crippen MR) is 39.9 cm³/mol. The molecule has 3 nitrogen and oxygen atoms in total. The number of nitrogens with one attached hydrogen (secondary N) is 1. The van der Waals surface area contributed by atoms with Crippen LogP contribution in [0.1, 0.15) is 6.92 Å². The van der Waals surface area contributed by atoms with Crippen LogP contribution in [0.15, 0.2) is 35.5 Å². The van der Waals surface area contributed by atoms with Crippen LogP contribution in [0, 0.1) is 0 Å². The van der Waals surface area contributed by atoms with E-state index in [0.717, 1.165) is 5.70 Å². The van der Waals surface area contributed by atoms with Crippen LogP contribution in [0.4, 0.5) is 0 Å². The molecule has 0 fully saturated rings. The summed E-state index contributed by atoms with van der Waals surface area (Å²) < 4.78 is 0. The van der Waals surface area contributed by atoms with E-state index >= 15 is 0 Å². The zero-order valence-corrected chi connectivity index (χ0v) is 5.76. The number of hydrogen-bond donors (Lipinski definition) is 3. The monoisotopic (exact) mass is 138 g/mol. The van der Waals surface area contributed by atoms with Gasteiger partial charge in [0.15, 0.2) is 0 Å². The van der Waals surface area contributed by atoms with Gasteiger partial charge in [-0.2, -0.15) is 0 Å². The summed E-state index contributed by atoms with van der Waals surface area (Å²) >= 11 is 0. The second kappa shape index (κ2) is 2.47. The normalized spacial score (nSPS) is 17.9. The average Bonchev–Trinajstić information content (AvgIpc) is 2.04. The Kier molecular flexibility index (Phi) is 1.67. The minimum Gasteiger partial charge on any atom is -0.506 e. The van der Waals surface area contributed by atoms with E-state index in [0.29, 0.717) is 5.70 Å². The van der Waals surface area contributed by atoms with Gasteiger partial charge in [-0.05, 0) is 19.1 Å². The fourth-order valence-electron chi connectivity index (χ4n) is 0.614. The number of hydrogen-bond acceptors (Lipinski definition) is 3. The van der Waals surface area contributed by atoms with Crippen molar-refractivity contribution < 1.29 is 5.11 Å². The molecule has 0 bridgehead atoms. The third kappa shape index (κ3) is 1.31. The Balaban J connectivity index is 2.90. The summed E-state index contributed by atoms with van der Waals surface area (Å²) in [6.45, 7) is 1.89. The predicted octanol–water partition coefficient (Wildman–Crippen LogP) is 0.735. The Morgan fingerprint density at radius 2 is 2.20 bits per heavy atom. The maximum Gasteiger partial charge on any atom is 0.140 e. The first-order chi connectivity index (χ1) is 4.70. The topological polar surface area (TPSA) is 58.3 Å². The zero-order chi connectivity index (χ0) is 7.56. The van der Waals surface area contributed by atoms with E-state index in [-0.39, 0.29) is 5.76 Å². The number of rotatable bonds is 0. The zero-order valence-electron chi connectivity index (χ0n) is 5.76. The van der Waals surface area contributed by atoms with E-state index in [2.05, 4.69) is 5.32 Å². The van der Waals surface area contributed by atoms with Crippen molar-refractivity contribution in [3.05, 3.63) is 35.5 Å². The largest absolute Gasteiger partial charge is 0.506 e. The lowest BCUT2D eigenvalue weighted by atomic mass is 10.3. The van der Waals surface area contributed by atoms with Crippen molar-refractivity contribution in [1.29, 1.82) is 0 Å². The molecule has 1 heterocycles. The highest BCUT2D eigenvalue weighted by atomic mass is 16.3. The van der Waals surface area contributed by atoms with Crippen molar-refractivity contribution in [2.24, 2.45) is 5.73 Å². The minimum absolute atomic E-state index is 0.101. The third-order valence-corrected chi connectivity index (χ3v) is 1.24. The molecule has 0 spiro atoms. The first-order valence-corrected chi connectivity index (χ1v) is 3.00. The van der Waals surface area contributed by atoms with Crippen molar-refractivity contribution >= 4 is 0 Å². The fourth-order valence-corrected chi connectivity index (χ4v) is 0.614. The Morgan fingerprint density at radius 1 is 1.50 bits per heavy atom. The number of aliphatic hydroxyl groups excluding tert-OH is 1. The maximum atomic E-state index is 9.06. The first kappa shape index (κ1) is 6.74. The van der Waals surface area contributed by atoms with E-state index in [4.69, 9.17) is 10.8 Å². The minimum atomic E-state index is 0.101. The molecule has 3 heteroatoms. The summed E-state index contributed by atoms with van der Waals surface area (Å²) in [5, 5.41) is 11.9. The van der Waals surface area contributed by atoms with Crippen molar-refractivity contribution in [3.63, 3.8) is 0 Å².